The van der Waals surface area contributed by atoms with Crippen molar-refractivity contribution in [3.05, 3.63) is 53.6 Å². The standard InChI is InChI=1S/C19H24N2O3/c1-14(5-10-18(22)20-24)13-15(2)19(23)16-6-8-17(9-7-16)21-11-3-4-12-21/h5-10,13,15,24H,3-4,11-12H2,1-2H3,(H,20,22)/b10-5+,14-13+/t15-/m1/s1. The number of Topliss-reactive ketones (excluding diaryl/α,β-unsaturated/α-hetero) is 1. The highest BCUT2D eigenvalue weighted by Crippen LogP contribution is 2.22. The minimum atomic E-state index is -0.598. The van der Waals surface area contributed by atoms with Gasteiger partial charge >= 0.3 is 0 Å². The topological polar surface area (TPSA) is 69.6 Å². The van der Waals surface area contributed by atoms with Gasteiger partial charge in [0.25, 0.3) is 5.91 Å². The molecule has 1 aromatic rings. The van der Waals surface area contributed by atoms with E-state index in [0.29, 0.717) is 5.56 Å². The molecule has 1 amide bonds. The van der Waals surface area contributed by atoms with Gasteiger partial charge in [-0.25, -0.2) is 5.48 Å². The molecule has 1 heterocycles. The summed E-state index contributed by atoms with van der Waals surface area (Å²) < 4.78 is 0. The summed E-state index contributed by atoms with van der Waals surface area (Å²) in [5.41, 5.74) is 4.17. The lowest BCUT2D eigenvalue weighted by molar-refractivity contribution is -0.124. The lowest BCUT2D eigenvalue weighted by atomic mass is 9.97. The van der Waals surface area contributed by atoms with Gasteiger partial charge in [-0.3, -0.25) is 14.8 Å². The van der Waals surface area contributed by atoms with E-state index in [1.54, 1.807) is 19.1 Å². The summed E-state index contributed by atoms with van der Waals surface area (Å²) in [4.78, 5) is 25.8. The highest BCUT2D eigenvalue weighted by Gasteiger charge is 2.15. The van der Waals surface area contributed by atoms with Gasteiger partial charge in [-0.15, -0.1) is 0 Å². The first-order valence-electron chi connectivity index (χ1n) is 8.21. The molecule has 128 valence electrons. The normalized spacial score (nSPS) is 16.5. The van der Waals surface area contributed by atoms with Gasteiger partial charge in [-0.05, 0) is 44.0 Å². The molecule has 1 aliphatic rings. The molecular weight excluding hydrogens is 304 g/mol. The third-order valence-electron chi connectivity index (χ3n) is 4.16. The van der Waals surface area contributed by atoms with Crippen LogP contribution in [0.5, 0.6) is 0 Å². The van der Waals surface area contributed by atoms with Crippen molar-refractivity contribution in [3.63, 3.8) is 0 Å². The number of nitrogens with one attached hydrogen (secondary N) is 1. The third kappa shape index (κ3) is 4.80. The Morgan fingerprint density at radius 3 is 2.38 bits per heavy atom. The Balaban J connectivity index is 2.01. The van der Waals surface area contributed by atoms with Crippen LogP contribution in [0.15, 0.2) is 48.1 Å². The minimum absolute atomic E-state index is 0.0438. The van der Waals surface area contributed by atoms with Crippen molar-refractivity contribution < 1.29 is 14.8 Å². The molecule has 0 aromatic heterocycles. The molecule has 24 heavy (non-hydrogen) atoms. The molecule has 0 unspecified atom stereocenters. The first-order chi connectivity index (χ1) is 11.5. The molecule has 0 aliphatic carbocycles. The first kappa shape index (κ1) is 17.9. The smallest absolute Gasteiger partial charge is 0.267 e. The molecule has 5 nitrogen and oxygen atoms in total. The van der Waals surface area contributed by atoms with E-state index in [4.69, 9.17) is 5.21 Å². The SMILES string of the molecule is CC(/C=C/C(=O)NO)=C\[C@@H](C)C(=O)c1ccc(N2CCCC2)cc1. The van der Waals surface area contributed by atoms with E-state index in [9.17, 15) is 9.59 Å². The molecule has 0 radical (unpaired) electrons. The van der Waals surface area contributed by atoms with Gasteiger partial charge in [0.05, 0.1) is 0 Å². The molecule has 1 aliphatic heterocycles. The Hall–Kier alpha value is -2.40. The number of hydrogen-bond donors (Lipinski definition) is 2. The lowest BCUT2D eigenvalue weighted by Crippen LogP contribution is -2.17. The second-order valence-electron chi connectivity index (χ2n) is 6.11. The fourth-order valence-electron chi connectivity index (χ4n) is 2.84. The number of hydroxylamine groups is 1. The van der Waals surface area contributed by atoms with Gasteiger partial charge in [0.15, 0.2) is 5.78 Å². The van der Waals surface area contributed by atoms with Gasteiger partial charge in [0.2, 0.25) is 0 Å². The summed E-state index contributed by atoms with van der Waals surface area (Å²) in [6.07, 6.45) is 7.03. The van der Waals surface area contributed by atoms with E-state index in [-0.39, 0.29) is 11.7 Å². The predicted octanol–water partition coefficient (Wildman–Crippen LogP) is 3.11. The third-order valence-corrected chi connectivity index (χ3v) is 4.16. The van der Waals surface area contributed by atoms with E-state index in [2.05, 4.69) is 4.90 Å². The van der Waals surface area contributed by atoms with Crippen LogP contribution in [0.1, 0.15) is 37.0 Å². The van der Waals surface area contributed by atoms with Crippen LogP contribution in [0.3, 0.4) is 0 Å². The molecule has 1 saturated heterocycles. The van der Waals surface area contributed by atoms with Crippen molar-refractivity contribution in [3.8, 4) is 0 Å². The molecule has 2 rings (SSSR count). The second-order valence-corrected chi connectivity index (χ2v) is 6.11. The Bertz CT molecular complexity index is 641. The number of carbonyl (C=O) groups excluding carboxylic acids is 2. The maximum absolute atomic E-state index is 12.5. The first-order valence-corrected chi connectivity index (χ1v) is 8.21. The number of ketones is 1. The zero-order valence-corrected chi connectivity index (χ0v) is 14.2. The maximum atomic E-state index is 12.5. The van der Waals surface area contributed by atoms with Crippen LogP contribution in [0.4, 0.5) is 5.69 Å². The zero-order chi connectivity index (χ0) is 17.5. The van der Waals surface area contributed by atoms with Gasteiger partial charge in [0.1, 0.15) is 0 Å². The van der Waals surface area contributed by atoms with Crippen LogP contribution in [-0.2, 0) is 4.79 Å². The molecule has 0 saturated carbocycles. The Labute approximate surface area is 142 Å². The highest BCUT2D eigenvalue weighted by molar-refractivity contribution is 5.99. The van der Waals surface area contributed by atoms with Crippen molar-refractivity contribution in [1.82, 2.24) is 5.48 Å². The largest absolute Gasteiger partial charge is 0.372 e. The van der Waals surface area contributed by atoms with Gasteiger partial charge in [0, 0.05) is 36.3 Å². The number of hydrogen-bond acceptors (Lipinski definition) is 4. The number of allylic oxidation sites excluding steroid dienone is 3. The van der Waals surface area contributed by atoms with Crippen molar-refractivity contribution in [2.24, 2.45) is 5.92 Å². The quantitative estimate of drug-likeness (QED) is 0.277. The van der Waals surface area contributed by atoms with E-state index in [1.807, 2.05) is 31.2 Å². The monoisotopic (exact) mass is 328 g/mol. The van der Waals surface area contributed by atoms with Crippen LogP contribution in [0, 0.1) is 5.92 Å². The molecular formula is C19H24N2O3. The number of benzene rings is 1. The van der Waals surface area contributed by atoms with Crippen LogP contribution in [-0.4, -0.2) is 30.0 Å². The summed E-state index contributed by atoms with van der Waals surface area (Å²) in [5.74, 6) is -0.842. The summed E-state index contributed by atoms with van der Waals surface area (Å²) in [5, 5.41) is 8.44. The summed E-state index contributed by atoms with van der Waals surface area (Å²) in [6, 6.07) is 7.77. The van der Waals surface area contributed by atoms with Gasteiger partial charge < -0.3 is 4.90 Å². The molecule has 1 atom stereocenters. The fraction of sp³-hybridized carbons (Fsp3) is 0.368. The Morgan fingerprint density at radius 1 is 1.17 bits per heavy atom. The molecule has 1 fully saturated rings. The van der Waals surface area contributed by atoms with Crippen molar-refractivity contribution in [2.45, 2.75) is 26.7 Å². The second kappa shape index (κ2) is 8.45. The van der Waals surface area contributed by atoms with Gasteiger partial charge in [-0.2, -0.15) is 0 Å². The molecule has 0 bridgehead atoms. The average Bonchev–Trinajstić information content (AvgIpc) is 3.13. The molecule has 5 heteroatoms. The van der Waals surface area contributed by atoms with Crippen molar-refractivity contribution in [1.29, 1.82) is 0 Å². The van der Waals surface area contributed by atoms with Gasteiger partial charge in [-0.1, -0.05) is 24.6 Å². The van der Waals surface area contributed by atoms with E-state index in [1.165, 1.54) is 30.1 Å². The van der Waals surface area contributed by atoms with Crippen LogP contribution < -0.4 is 10.4 Å². The fourth-order valence-corrected chi connectivity index (χ4v) is 2.84. The molecule has 2 N–H and O–H groups in total. The maximum Gasteiger partial charge on any atom is 0.267 e. The number of rotatable bonds is 6. The van der Waals surface area contributed by atoms with Crippen LogP contribution >= 0.6 is 0 Å². The highest BCUT2D eigenvalue weighted by atomic mass is 16.5. The summed E-state index contributed by atoms with van der Waals surface area (Å²) >= 11 is 0. The van der Waals surface area contributed by atoms with E-state index in [0.717, 1.165) is 18.7 Å². The van der Waals surface area contributed by atoms with Crippen molar-refractivity contribution >= 4 is 17.4 Å². The van der Waals surface area contributed by atoms with E-state index < -0.39 is 5.91 Å². The Kier molecular flexibility index (Phi) is 6.32. The number of anilines is 1. The Morgan fingerprint density at radius 2 is 1.79 bits per heavy atom. The molecule has 1 aromatic carbocycles. The number of nitrogens with zero attached hydrogens (tertiary/aromatic N) is 1. The zero-order valence-electron chi connectivity index (χ0n) is 14.2. The van der Waals surface area contributed by atoms with E-state index >= 15 is 0 Å². The summed E-state index contributed by atoms with van der Waals surface area (Å²) in [6.45, 7) is 5.81. The molecule has 0 spiro atoms. The number of amides is 1. The van der Waals surface area contributed by atoms with Crippen LogP contribution in [0.2, 0.25) is 0 Å². The van der Waals surface area contributed by atoms with Crippen LogP contribution in [0.25, 0.3) is 0 Å². The number of carbonyl (C=O) groups is 2. The lowest BCUT2D eigenvalue weighted by Gasteiger charge is -2.17. The average molecular weight is 328 g/mol. The predicted molar refractivity (Wildman–Crippen MR) is 94.2 cm³/mol. The minimum Gasteiger partial charge on any atom is -0.372 e. The summed E-state index contributed by atoms with van der Waals surface area (Å²) in [7, 11) is 0. The van der Waals surface area contributed by atoms with Crippen molar-refractivity contribution in [2.75, 3.05) is 18.0 Å².